The molecule has 0 radical (unpaired) electrons. The number of aryl methyl sites for hydroxylation is 1. The van der Waals surface area contributed by atoms with Gasteiger partial charge in [0.05, 0.1) is 17.3 Å². The first-order valence-electron chi connectivity index (χ1n) is 7.20. The molecule has 0 bridgehead atoms. The van der Waals surface area contributed by atoms with Gasteiger partial charge < -0.3 is 14.6 Å². The molecule has 24 heavy (non-hydrogen) atoms. The Morgan fingerprint density at radius 1 is 1.29 bits per heavy atom. The van der Waals surface area contributed by atoms with E-state index in [-0.39, 0.29) is 18.3 Å². The Labute approximate surface area is 141 Å². The Kier molecular flexibility index (Phi) is 4.35. The summed E-state index contributed by atoms with van der Waals surface area (Å²) in [4.78, 5) is 24.2. The van der Waals surface area contributed by atoms with Crippen LogP contribution in [0.5, 0.6) is 0 Å². The number of anilines is 1. The van der Waals surface area contributed by atoms with Crippen molar-refractivity contribution in [3.05, 3.63) is 52.8 Å². The van der Waals surface area contributed by atoms with E-state index in [1.165, 1.54) is 24.5 Å². The van der Waals surface area contributed by atoms with Crippen molar-refractivity contribution in [1.82, 2.24) is 4.57 Å². The summed E-state index contributed by atoms with van der Waals surface area (Å²) in [6, 6.07) is 8.03. The predicted octanol–water partition coefficient (Wildman–Crippen LogP) is 3.58. The zero-order chi connectivity index (χ0) is 17.3. The molecule has 0 saturated carbocycles. The number of carbonyl (C=O) groups excluding carboxylic acids is 2. The highest BCUT2D eigenvalue weighted by molar-refractivity contribution is 7.17. The van der Waals surface area contributed by atoms with Crippen molar-refractivity contribution in [3.63, 3.8) is 0 Å². The molecule has 2 heterocycles. The van der Waals surface area contributed by atoms with Crippen molar-refractivity contribution in [2.24, 2.45) is 0 Å². The Balaban J connectivity index is 1.85. The third-order valence-corrected chi connectivity index (χ3v) is 4.53. The number of nitrogens with one attached hydrogen (secondary N) is 1. The summed E-state index contributed by atoms with van der Waals surface area (Å²) in [5.41, 5.74) is 1.97. The highest BCUT2D eigenvalue weighted by Gasteiger charge is 2.19. The number of fused-ring (bicyclic) bond motifs is 1. The second-order valence-electron chi connectivity index (χ2n) is 5.29. The van der Waals surface area contributed by atoms with Crippen LogP contribution in [0.15, 0.2) is 35.7 Å². The average molecular weight is 346 g/mol. The first kappa shape index (κ1) is 16.2. The number of hydrogen-bond acceptors (Lipinski definition) is 4. The van der Waals surface area contributed by atoms with Crippen LogP contribution in [0.25, 0.3) is 10.2 Å². The minimum absolute atomic E-state index is 0.0693. The third kappa shape index (κ3) is 3.03. The van der Waals surface area contributed by atoms with Crippen molar-refractivity contribution in [2.45, 2.75) is 13.5 Å². The van der Waals surface area contributed by atoms with Gasteiger partial charge in [-0.2, -0.15) is 0 Å². The topological polar surface area (TPSA) is 60.3 Å². The number of halogens is 1. The van der Waals surface area contributed by atoms with Crippen LogP contribution in [0.4, 0.5) is 10.1 Å². The summed E-state index contributed by atoms with van der Waals surface area (Å²) in [5.74, 6) is -1.25. The number of methoxy groups -OCH3 is 1. The molecule has 0 atom stereocenters. The Morgan fingerprint density at radius 2 is 2.08 bits per heavy atom. The van der Waals surface area contributed by atoms with Gasteiger partial charge in [-0.05, 0) is 42.1 Å². The van der Waals surface area contributed by atoms with E-state index >= 15 is 0 Å². The quantitative estimate of drug-likeness (QED) is 0.735. The van der Waals surface area contributed by atoms with E-state index in [0.29, 0.717) is 16.9 Å². The maximum atomic E-state index is 13.6. The average Bonchev–Trinajstić information content (AvgIpc) is 3.13. The lowest BCUT2D eigenvalue weighted by Gasteiger charge is -2.10. The van der Waals surface area contributed by atoms with Crippen LogP contribution in [0.2, 0.25) is 0 Å². The molecule has 0 spiro atoms. The molecular formula is C17H15FN2O3S. The monoisotopic (exact) mass is 346 g/mol. The van der Waals surface area contributed by atoms with Gasteiger partial charge >= 0.3 is 5.97 Å². The van der Waals surface area contributed by atoms with E-state index in [1.54, 1.807) is 29.7 Å². The molecule has 0 unspecified atom stereocenters. The molecule has 0 fully saturated rings. The van der Waals surface area contributed by atoms with Crippen LogP contribution in [-0.2, 0) is 16.1 Å². The normalized spacial score (nSPS) is 10.8. The van der Waals surface area contributed by atoms with Gasteiger partial charge in [0.25, 0.3) is 0 Å². The summed E-state index contributed by atoms with van der Waals surface area (Å²) >= 11 is 1.47. The van der Waals surface area contributed by atoms with Crippen LogP contribution < -0.4 is 5.32 Å². The number of carbonyl (C=O) groups is 2. The number of ether oxygens (including phenoxy) is 1. The van der Waals surface area contributed by atoms with Crippen molar-refractivity contribution in [1.29, 1.82) is 0 Å². The summed E-state index contributed by atoms with van der Waals surface area (Å²) < 4.78 is 20.8. The fraction of sp³-hybridized carbons (Fsp3) is 0.176. The van der Waals surface area contributed by atoms with Gasteiger partial charge in [0.2, 0.25) is 5.91 Å². The summed E-state index contributed by atoms with van der Waals surface area (Å²) in [6.07, 6.45) is 0. The van der Waals surface area contributed by atoms with E-state index < -0.39 is 5.97 Å². The number of amides is 1. The molecule has 0 aliphatic heterocycles. The summed E-state index contributed by atoms with van der Waals surface area (Å²) in [5, 5.41) is 4.53. The molecule has 5 nitrogen and oxygen atoms in total. The van der Waals surface area contributed by atoms with Crippen molar-refractivity contribution >= 4 is 39.1 Å². The maximum absolute atomic E-state index is 13.6. The number of nitrogens with zero attached hydrogens (tertiary/aromatic N) is 1. The molecule has 7 heteroatoms. The minimum Gasteiger partial charge on any atom is -0.464 e. The largest absolute Gasteiger partial charge is 0.464 e. The van der Waals surface area contributed by atoms with E-state index in [2.05, 4.69) is 5.32 Å². The van der Waals surface area contributed by atoms with E-state index in [4.69, 9.17) is 4.74 Å². The van der Waals surface area contributed by atoms with Gasteiger partial charge in [-0.3, -0.25) is 4.79 Å². The molecule has 1 amide bonds. The molecule has 1 N–H and O–H groups in total. The Morgan fingerprint density at radius 3 is 2.79 bits per heavy atom. The van der Waals surface area contributed by atoms with Crippen LogP contribution in [0.3, 0.4) is 0 Å². The van der Waals surface area contributed by atoms with Crippen molar-refractivity contribution < 1.29 is 18.7 Å². The SMILES string of the molecule is COC(=O)c1cc2sccc2n1CC(=O)Nc1ccc(C)c(F)c1. The molecule has 0 aliphatic carbocycles. The number of benzene rings is 1. The van der Waals surface area contributed by atoms with Crippen LogP contribution in [0, 0.1) is 12.7 Å². The number of esters is 1. The smallest absolute Gasteiger partial charge is 0.354 e. The Bertz CT molecular complexity index is 929. The van der Waals surface area contributed by atoms with Crippen molar-refractivity contribution in [2.75, 3.05) is 12.4 Å². The maximum Gasteiger partial charge on any atom is 0.354 e. The first-order chi connectivity index (χ1) is 11.5. The van der Waals surface area contributed by atoms with E-state index in [9.17, 15) is 14.0 Å². The van der Waals surface area contributed by atoms with Crippen LogP contribution in [-0.4, -0.2) is 23.6 Å². The van der Waals surface area contributed by atoms with Crippen LogP contribution in [0.1, 0.15) is 16.1 Å². The third-order valence-electron chi connectivity index (χ3n) is 3.67. The molecule has 124 valence electrons. The van der Waals surface area contributed by atoms with Gasteiger partial charge in [0.1, 0.15) is 18.1 Å². The molecule has 3 aromatic rings. The standard InChI is InChI=1S/C17H15FN2O3S/c1-10-3-4-11(7-12(10)18)19-16(21)9-20-13-5-6-24-15(13)8-14(20)17(22)23-2/h3-8H,9H2,1-2H3,(H,19,21). The first-order valence-corrected chi connectivity index (χ1v) is 8.08. The Hall–Kier alpha value is -2.67. The highest BCUT2D eigenvalue weighted by atomic mass is 32.1. The van der Waals surface area contributed by atoms with Gasteiger partial charge in [-0.25, -0.2) is 9.18 Å². The van der Waals surface area contributed by atoms with E-state index in [1.807, 2.05) is 11.4 Å². The molecule has 2 aromatic heterocycles. The second kappa shape index (κ2) is 6.45. The fourth-order valence-corrected chi connectivity index (χ4v) is 3.26. The van der Waals surface area contributed by atoms with E-state index in [0.717, 1.165) is 10.2 Å². The fourth-order valence-electron chi connectivity index (χ4n) is 2.44. The molecule has 3 rings (SSSR count). The molecule has 0 saturated heterocycles. The number of aromatic nitrogens is 1. The highest BCUT2D eigenvalue weighted by Crippen LogP contribution is 2.26. The van der Waals surface area contributed by atoms with Gasteiger partial charge in [-0.1, -0.05) is 6.07 Å². The summed E-state index contributed by atoms with van der Waals surface area (Å²) in [7, 11) is 1.29. The molecular weight excluding hydrogens is 331 g/mol. The van der Waals surface area contributed by atoms with Crippen LogP contribution >= 0.6 is 11.3 Å². The minimum atomic E-state index is -0.507. The van der Waals surface area contributed by atoms with Gasteiger partial charge in [0.15, 0.2) is 0 Å². The zero-order valence-electron chi connectivity index (χ0n) is 13.1. The number of hydrogen-bond donors (Lipinski definition) is 1. The van der Waals surface area contributed by atoms with Gasteiger partial charge in [0, 0.05) is 5.69 Å². The predicted molar refractivity (Wildman–Crippen MR) is 90.9 cm³/mol. The number of rotatable bonds is 4. The second-order valence-corrected chi connectivity index (χ2v) is 6.24. The summed E-state index contributed by atoms with van der Waals surface area (Å²) in [6.45, 7) is 1.58. The lowest BCUT2D eigenvalue weighted by Crippen LogP contribution is -2.21. The van der Waals surface area contributed by atoms with Gasteiger partial charge in [-0.15, -0.1) is 11.3 Å². The molecule has 1 aromatic carbocycles. The lowest BCUT2D eigenvalue weighted by atomic mass is 10.2. The zero-order valence-corrected chi connectivity index (χ0v) is 13.9. The van der Waals surface area contributed by atoms with Crippen molar-refractivity contribution in [3.8, 4) is 0 Å². The number of thiophene rings is 1. The molecule has 0 aliphatic rings. The lowest BCUT2D eigenvalue weighted by molar-refractivity contribution is -0.116.